The van der Waals surface area contributed by atoms with Crippen molar-refractivity contribution >= 4 is 17.3 Å². The van der Waals surface area contributed by atoms with Gasteiger partial charge in [0.05, 0.1) is 7.11 Å². The summed E-state index contributed by atoms with van der Waals surface area (Å²) in [5.41, 5.74) is 3.60. The molecule has 0 saturated carbocycles. The Morgan fingerprint density at radius 3 is 2.79 bits per heavy atom. The number of nitrogens with one attached hydrogen (secondary N) is 1. The molecular formula is C15H22N2O2. The zero-order valence-electron chi connectivity index (χ0n) is 12.1. The van der Waals surface area contributed by atoms with Crippen LogP contribution in [-0.4, -0.2) is 32.7 Å². The molecule has 0 saturated heterocycles. The van der Waals surface area contributed by atoms with Crippen LogP contribution in [0.5, 0.6) is 0 Å². The van der Waals surface area contributed by atoms with Crippen molar-refractivity contribution in [2.24, 2.45) is 5.92 Å². The topological polar surface area (TPSA) is 41.6 Å². The van der Waals surface area contributed by atoms with Gasteiger partial charge < -0.3 is 15.0 Å². The lowest BCUT2D eigenvalue weighted by Gasteiger charge is -2.21. The highest BCUT2D eigenvalue weighted by molar-refractivity contribution is 5.80. The van der Waals surface area contributed by atoms with E-state index in [9.17, 15) is 4.79 Å². The summed E-state index contributed by atoms with van der Waals surface area (Å²) in [5, 5.41) is 3.28. The summed E-state index contributed by atoms with van der Waals surface area (Å²) in [7, 11) is 3.53. The lowest BCUT2D eigenvalue weighted by Crippen LogP contribution is -2.35. The van der Waals surface area contributed by atoms with Crippen LogP contribution in [0.2, 0.25) is 0 Å². The van der Waals surface area contributed by atoms with Crippen molar-refractivity contribution in [3.8, 4) is 0 Å². The largest absolute Gasteiger partial charge is 0.467 e. The number of methoxy groups -OCH3 is 1. The van der Waals surface area contributed by atoms with E-state index >= 15 is 0 Å². The third-order valence-electron chi connectivity index (χ3n) is 3.65. The number of fused-ring (bicyclic) bond motifs is 1. The number of carbonyl (C=O) groups excluding carboxylic acids is 1. The van der Waals surface area contributed by atoms with Crippen LogP contribution in [-0.2, 0) is 16.0 Å². The number of benzene rings is 1. The van der Waals surface area contributed by atoms with Gasteiger partial charge in [-0.2, -0.15) is 0 Å². The first-order valence-electron chi connectivity index (χ1n) is 6.71. The summed E-state index contributed by atoms with van der Waals surface area (Å²) < 4.78 is 4.85. The predicted molar refractivity (Wildman–Crippen MR) is 77.7 cm³/mol. The Labute approximate surface area is 114 Å². The van der Waals surface area contributed by atoms with Gasteiger partial charge in [0.15, 0.2) is 0 Å². The van der Waals surface area contributed by atoms with Crippen LogP contribution in [0, 0.1) is 5.92 Å². The highest BCUT2D eigenvalue weighted by Crippen LogP contribution is 2.29. The van der Waals surface area contributed by atoms with Crippen LogP contribution in [0.3, 0.4) is 0 Å². The summed E-state index contributed by atoms with van der Waals surface area (Å²) in [6.07, 6.45) is 1.06. The average molecular weight is 262 g/mol. The average Bonchev–Trinajstić information content (AvgIpc) is 2.76. The number of hydrogen-bond acceptors (Lipinski definition) is 4. The van der Waals surface area contributed by atoms with Crippen molar-refractivity contribution in [2.75, 3.05) is 30.9 Å². The lowest BCUT2D eigenvalue weighted by molar-refractivity contribution is -0.142. The van der Waals surface area contributed by atoms with Gasteiger partial charge in [0.1, 0.15) is 6.04 Å². The minimum absolute atomic E-state index is 0.184. The molecule has 0 fully saturated rings. The van der Waals surface area contributed by atoms with Crippen molar-refractivity contribution in [1.29, 1.82) is 0 Å². The molecule has 1 heterocycles. The van der Waals surface area contributed by atoms with Crippen molar-refractivity contribution in [1.82, 2.24) is 0 Å². The van der Waals surface area contributed by atoms with Crippen LogP contribution in [0.15, 0.2) is 18.2 Å². The van der Waals surface area contributed by atoms with E-state index in [1.54, 1.807) is 0 Å². The maximum Gasteiger partial charge on any atom is 0.328 e. The summed E-state index contributed by atoms with van der Waals surface area (Å²) in [6.45, 7) is 5.08. The van der Waals surface area contributed by atoms with Crippen molar-refractivity contribution in [3.05, 3.63) is 23.8 Å². The summed E-state index contributed by atoms with van der Waals surface area (Å²) in [5.74, 6) is -0.0315. The van der Waals surface area contributed by atoms with E-state index in [0.717, 1.165) is 18.7 Å². The van der Waals surface area contributed by atoms with Crippen molar-refractivity contribution in [2.45, 2.75) is 26.3 Å². The number of ether oxygens (including phenoxy) is 1. The second kappa shape index (κ2) is 5.51. The molecule has 0 spiro atoms. The zero-order valence-corrected chi connectivity index (χ0v) is 12.1. The van der Waals surface area contributed by atoms with Crippen molar-refractivity contribution in [3.63, 3.8) is 0 Å². The first kappa shape index (κ1) is 13.7. The maximum absolute atomic E-state index is 11.8. The van der Waals surface area contributed by atoms with Gasteiger partial charge in [0, 0.05) is 25.0 Å². The van der Waals surface area contributed by atoms with Crippen molar-refractivity contribution < 1.29 is 9.53 Å². The Morgan fingerprint density at radius 1 is 1.42 bits per heavy atom. The fourth-order valence-electron chi connectivity index (χ4n) is 2.46. The lowest BCUT2D eigenvalue weighted by atomic mass is 10.0. The smallest absolute Gasteiger partial charge is 0.328 e. The van der Waals surface area contributed by atoms with E-state index < -0.39 is 0 Å². The molecule has 1 N–H and O–H groups in total. The van der Waals surface area contributed by atoms with Gasteiger partial charge in [-0.15, -0.1) is 0 Å². The first-order chi connectivity index (χ1) is 9.02. The Morgan fingerprint density at radius 2 is 2.16 bits per heavy atom. The Balaban J connectivity index is 2.16. The van der Waals surface area contributed by atoms with Gasteiger partial charge in [-0.3, -0.25) is 0 Å². The molecule has 1 aliphatic rings. The van der Waals surface area contributed by atoms with E-state index in [-0.39, 0.29) is 17.9 Å². The fourth-order valence-corrected chi connectivity index (χ4v) is 2.46. The number of rotatable bonds is 4. The third-order valence-corrected chi connectivity index (χ3v) is 3.65. The van der Waals surface area contributed by atoms with Gasteiger partial charge in [-0.1, -0.05) is 13.8 Å². The molecule has 4 nitrogen and oxygen atoms in total. The summed E-state index contributed by atoms with van der Waals surface area (Å²) in [4.78, 5) is 14.0. The molecule has 0 aliphatic carbocycles. The van der Waals surface area contributed by atoms with Crippen LogP contribution in [0.4, 0.5) is 11.4 Å². The highest BCUT2D eigenvalue weighted by Gasteiger charge is 2.23. The molecule has 1 unspecified atom stereocenters. The molecule has 1 aliphatic heterocycles. The fraction of sp³-hybridized carbons (Fsp3) is 0.533. The molecule has 1 aromatic carbocycles. The molecule has 0 amide bonds. The van der Waals surface area contributed by atoms with E-state index in [2.05, 4.69) is 29.4 Å². The number of carbonyl (C=O) groups is 1. The van der Waals surface area contributed by atoms with Crippen LogP contribution in [0.25, 0.3) is 0 Å². The highest BCUT2D eigenvalue weighted by atomic mass is 16.5. The minimum Gasteiger partial charge on any atom is -0.467 e. The van der Waals surface area contributed by atoms with E-state index in [1.165, 1.54) is 18.4 Å². The van der Waals surface area contributed by atoms with Crippen LogP contribution in [0.1, 0.15) is 19.4 Å². The Kier molecular flexibility index (Phi) is 3.98. The van der Waals surface area contributed by atoms with Gasteiger partial charge >= 0.3 is 5.97 Å². The predicted octanol–water partition coefficient (Wildman–Crippen LogP) is 2.29. The normalized spacial score (nSPS) is 15.3. The second-order valence-corrected chi connectivity index (χ2v) is 5.40. The van der Waals surface area contributed by atoms with E-state index in [4.69, 9.17) is 4.74 Å². The summed E-state index contributed by atoms with van der Waals surface area (Å²) >= 11 is 0. The Hall–Kier alpha value is -1.71. The van der Waals surface area contributed by atoms with E-state index in [1.807, 2.05) is 19.9 Å². The Bertz CT molecular complexity index is 471. The number of nitrogens with zero attached hydrogens (tertiary/aromatic N) is 1. The molecule has 19 heavy (non-hydrogen) atoms. The molecule has 1 atom stereocenters. The number of hydrogen-bond donors (Lipinski definition) is 1. The van der Waals surface area contributed by atoms with Gasteiger partial charge in [-0.05, 0) is 36.1 Å². The molecule has 0 radical (unpaired) electrons. The first-order valence-corrected chi connectivity index (χ1v) is 6.71. The molecule has 104 valence electrons. The maximum atomic E-state index is 11.8. The quantitative estimate of drug-likeness (QED) is 0.845. The molecular weight excluding hydrogens is 240 g/mol. The molecule has 4 heteroatoms. The number of esters is 1. The molecule has 0 bridgehead atoms. The standard InChI is InChI=1S/C15H22N2O2/c1-10(2)14(15(18)19-4)16-12-5-6-13-11(9-12)7-8-17(13)3/h5-6,9-10,14,16H,7-8H2,1-4H3. The number of anilines is 2. The molecule has 2 rings (SSSR count). The minimum atomic E-state index is -0.304. The summed E-state index contributed by atoms with van der Waals surface area (Å²) in [6, 6.07) is 5.97. The zero-order chi connectivity index (χ0) is 14.0. The number of likely N-dealkylation sites (N-methyl/N-ethyl adjacent to an activating group) is 1. The second-order valence-electron chi connectivity index (χ2n) is 5.40. The third kappa shape index (κ3) is 2.83. The van der Waals surface area contributed by atoms with Crippen LogP contribution >= 0.6 is 0 Å². The monoisotopic (exact) mass is 262 g/mol. The van der Waals surface area contributed by atoms with E-state index in [0.29, 0.717) is 0 Å². The van der Waals surface area contributed by atoms with Gasteiger partial charge in [0.25, 0.3) is 0 Å². The van der Waals surface area contributed by atoms with Crippen LogP contribution < -0.4 is 10.2 Å². The SMILES string of the molecule is COC(=O)C(Nc1ccc2c(c1)CCN2C)C(C)C. The van der Waals surface area contributed by atoms with Gasteiger partial charge in [-0.25, -0.2) is 4.79 Å². The van der Waals surface area contributed by atoms with Gasteiger partial charge in [0.2, 0.25) is 0 Å². The molecule has 1 aromatic rings. The molecule has 0 aromatic heterocycles.